The van der Waals surface area contributed by atoms with E-state index in [1.165, 1.54) is 4.88 Å². The van der Waals surface area contributed by atoms with Crippen LogP contribution in [-0.2, 0) is 17.9 Å². The van der Waals surface area contributed by atoms with Crippen LogP contribution in [0.3, 0.4) is 0 Å². The van der Waals surface area contributed by atoms with Crippen molar-refractivity contribution in [3.63, 3.8) is 0 Å². The molecule has 6 heteroatoms. The van der Waals surface area contributed by atoms with Gasteiger partial charge in [0.15, 0.2) is 0 Å². The van der Waals surface area contributed by atoms with Gasteiger partial charge in [0.25, 0.3) is 5.91 Å². The number of amides is 2. The summed E-state index contributed by atoms with van der Waals surface area (Å²) in [5.74, 6) is -0.345. The molecule has 0 saturated heterocycles. The fourth-order valence-corrected chi connectivity index (χ4v) is 3.70. The number of hydrogen-bond acceptors (Lipinski definition) is 4. The molecule has 150 valence electrons. The Balaban J connectivity index is 1.60. The van der Waals surface area contributed by atoms with Gasteiger partial charge in [-0.3, -0.25) is 14.5 Å². The van der Waals surface area contributed by atoms with Crippen molar-refractivity contribution in [1.29, 1.82) is 0 Å². The number of thiophene rings is 1. The molecule has 0 saturated carbocycles. The largest absolute Gasteiger partial charge is 0.348 e. The van der Waals surface area contributed by atoms with Gasteiger partial charge in [-0.15, -0.1) is 11.3 Å². The Morgan fingerprint density at radius 3 is 2.45 bits per heavy atom. The number of benzene rings is 2. The second kappa shape index (κ2) is 10.5. The highest BCUT2D eigenvalue weighted by molar-refractivity contribution is 7.09. The average molecular weight is 408 g/mol. The summed E-state index contributed by atoms with van der Waals surface area (Å²) in [5, 5.41) is 7.84. The van der Waals surface area contributed by atoms with Crippen molar-refractivity contribution in [3.8, 4) is 0 Å². The molecule has 3 rings (SSSR count). The van der Waals surface area contributed by atoms with Gasteiger partial charge in [-0.25, -0.2) is 0 Å². The third-order valence-electron chi connectivity index (χ3n) is 4.52. The maximum absolute atomic E-state index is 12.6. The number of carbonyl (C=O) groups excluding carboxylic acids is 2. The predicted octanol–water partition coefficient (Wildman–Crippen LogP) is 4.14. The number of hydrogen-bond donors (Lipinski definition) is 2. The highest BCUT2D eigenvalue weighted by atomic mass is 32.1. The van der Waals surface area contributed by atoms with Gasteiger partial charge in [0.2, 0.25) is 5.91 Å². The van der Waals surface area contributed by atoms with E-state index in [-0.39, 0.29) is 18.4 Å². The molecule has 0 unspecified atom stereocenters. The fourth-order valence-electron chi connectivity index (χ4n) is 2.96. The van der Waals surface area contributed by atoms with Crippen LogP contribution in [0.5, 0.6) is 0 Å². The zero-order valence-corrected chi connectivity index (χ0v) is 17.2. The number of rotatable bonds is 9. The highest BCUT2D eigenvalue weighted by Gasteiger charge is 2.15. The number of anilines is 1. The van der Waals surface area contributed by atoms with Crippen LogP contribution in [0.25, 0.3) is 0 Å². The SMILES string of the molecule is CCN(CC(=O)Nc1ccccc1C(=O)NCc1ccccc1)Cc1cccs1. The van der Waals surface area contributed by atoms with Gasteiger partial charge >= 0.3 is 0 Å². The summed E-state index contributed by atoms with van der Waals surface area (Å²) < 4.78 is 0. The molecule has 0 aliphatic rings. The lowest BCUT2D eigenvalue weighted by molar-refractivity contribution is -0.117. The van der Waals surface area contributed by atoms with Gasteiger partial charge in [0, 0.05) is 18.0 Å². The molecule has 0 radical (unpaired) electrons. The summed E-state index contributed by atoms with van der Waals surface area (Å²) in [7, 11) is 0. The summed E-state index contributed by atoms with van der Waals surface area (Å²) in [5.41, 5.74) is 2.00. The molecule has 2 N–H and O–H groups in total. The van der Waals surface area contributed by atoms with E-state index in [1.54, 1.807) is 29.5 Å². The Bertz CT molecular complexity index is 926. The molecule has 5 nitrogen and oxygen atoms in total. The van der Waals surface area contributed by atoms with E-state index >= 15 is 0 Å². The Kier molecular flexibility index (Phi) is 7.55. The molecule has 0 spiro atoms. The summed E-state index contributed by atoms with van der Waals surface area (Å²) in [6.45, 7) is 4.25. The molecule has 2 amide bonds. The van der Waals surface area contributed by atoms with E-state index in [2.05, 4.69) is 21.6 Å². The molecule has 1 heterocycles. The number of nitrogens with zero attached hydrogens (tertiary/aromatic N) is 1. The highest BCUT2D eigenvalue weighted by Crippen LogP contribution is 2.16. The normalized spacial score (nSPS) is 10.7. The van der Waals surface area contributed by atoms with Crippen LogP contribution < -0.4 is 10.6 Å². The molecule has 0 bridgehead atoms. The zero-order valence-electron chi connectivity index (χ0n) is 16.4. The minimum absolute atomic E-state index is 0.133. The van der Waals surface area contributed by atoms with E-state index in [1.807, 2.05) is 54.8 Å². The Labute approximate surface area is 175 Å². The third-order valence-corrected chi connectivity index (χ3v) is 5.38. The van der Waals surface area contributed by atoms with Crippen molar-refractivity contribution in [1.82, 2.24) is 10.2 Å². The Morgan fingerprint density at radius 2 is 1.72 bits per heavy atom. The molecule has 2 aromatic carbocycles. The number of carbonyl (C=O) groups is 2. The smallest absolute Gasteiger partial charge is 0.253 e. The van der Waals surface area contributed by atoms with E-state index in [9.17, 15) is 9.59 Å². The van der Waals surface area contributed by atoms with E-state index < -0.39 is 0 Å². The lowest BCUT2D eigenvalue weighted by Crippen LogP contribution is -2.33. The molecule has 3 aromatic rings. The van der Waals surface area contributed by atoms with Crippen LogP contribution in [0.2, 0.25) is 0 Å². The Hall–Kier alpha value is -2.96. The first-order chi connectivity index (χ1) is 14.2. The first-order valence-electron chi connectivity index (χ1n) is 9.61. The van der Waals surface area contributed by atoms with Crippen LogP contribution in [0.1, 0.15) is 27.7 Å². The Morgan fingerprint density at radius 1 is 0.966 bits per heavy atom. The van der Waals surface area contributed by atoms with Crippen LogP contribution >= 0.6 is 11.3 Å². The summed E-state index contributed by atoms with van der Waals surface area (Å²) >= 11 is 1.68. The van der Waals surface area contributed by atoms with Gasteiger partial charge in [-0.1, -0.05) is 55.5 Å². The minimum atomic E-state index is -0.212. The number of nitrogens with one attached hydrogen (secondary N) is 2. The molecule has 1 aromatic heterocycles. The zero-order chi connectivity index (χ0) is 20.5. The standard InChI is InChI=1S/C23H25N3O2S/c1-2-26(16-19-11-8-14-29-19)17-22(27)25-21-13-7-6-12-20(21)23(28)24-15-18-9-4-3-5-10-18/h3-14H,2,15-17H2,1H3,(H,24,28)(H,25,27). The van der Waals surface area contributed by atoms with Gasteiger partial charge in [0.05, 0.1) is 17.8 Å². The van der Waals surface area contributed by atoms with Crippen molar-refractivity contribution in [2.75, 3.05) is 18.4 Å². The molecular formula is C23H25N3O2S. The van der Waals surface area contributed by atoms with Gasteiger partial charge in [0.1, 0.15) is 0 Å². The second-order valence-corrected chi connectivity index (χ2v) is 7.68. The van der Waals surface area contributed by atoms with Crippen molar-refractivity contribution in [3.05, 3.63) is 88.1 Å². The topological polar surface area (TPSA) is 61.4 Å². The van der Waals surface area contributed by atoms with Gasteiger partial charge in [-0.2, -0.15) is 0 Å². The van der Waals surface area contributed by atoms with Crippen molar-refractivity contribution >= 4 is 28.8 Å². The number of para-hydroxylation sites is 1. The predicted molar refractivity (Wildman–Crippen MR) is 118 cm³/mol. The second-order valence-electron chi connectivity index (χ2n) is 6.64. The average Bonchev–Trinajstić information content (AvgIpc) is 3.25. The van der Waals surface area contributed by atoms with Crippen LogP contribution in [-0.4, -0.2) is 29.8 Å². The summed E-state index contributed by atoms with van der Waals surface area (Å²) in [4.78, 5) is 28.5. The molecule has 0 aliphatic heterocycles. The molecule has 0 atom stereocenters. The maximum Gasteiger partial charge on any atom is 0.253 e. The lowest BCUT2D eigenvalue weighted by atomic mass is 10.1. The van der Waals surface area contributed by atoms with Gasteiger partial charge < -0.3 is 10.6 Å². The van der Waals surface area contributed by atoms with Gasteiger partial charge in [-0.05, 0) is 35.7 Å². The lowest BCUT2D eigenvalue weighted by Gasteiger charge is -2.19. The fraction of sp³-hybridized carbons (Fsp3) is 0.217. The quantitative estimate of drug-likeness (QED) is 0.560. The number of likely N-dealkylation sites (N-methyl/N-ethyl adjacent to an activating group) is 1. The third kappa shape index (κ3) is 6.27. The molecule has 0 aliphatic carbocycles. The molecule has 29 heavy (non-hydrogen) atoms. The molecular weight excluding hydrogens is 382 g/mol. The molecule has 0 fully saturated rings. The van der Waals surface area contributed by atoms with E-state index in [0.717, 1.165) is 18.7 Å². The van der Waals surface area contributed by atoms with Crippen LogP contribution in [0.15, 0.2) is 72.1 Å². The monoisotopic (exact) mass is 407 g/mol. The minimum Gasteiger partial charge on any atom is -0.348 e. The first-order valence-corrected chi connectivity index (χ1v) is 10.5. The van der Waals surface area contributed by atoms with E-state index in [0.29, 0.717) is 17.8 Å². The van der Waals surface area contributed by atoms with Crippen LogP contribution in [0, 0.1) is 0 Å². The maximum atomic E-state index is 12.6. The van der Waals surface area contributed by atoms with Crippen molar-refractivity contribution < 1.29 is 9.59 Å². The van der Waals surface area contributed by atoms with Crippen LogP contribution in [0.4, 0.5) is 5.69 Å². The summed E-state index contributed by atoms with van der Waals surface area (Å²) in [6, 6.07) is 20.9. The van der Waals surface area contributed by atoms with E-state index in [4.69, 9.17) is 0 Å². The summed E-state index contributed by atoms with van der Waals surface area (Å²) in [6.07, 6.45) is 0. The van der Waals surface area contributed by atoms with Crippen molar-refractivity contribution in [2.24, 2.45) is 0 Å². The van der Waals surface area contributed by atoms with Crippen molar-refractivity contribution in [2.45, 2.75) is 20.0 Å². The first kappa shape index (κ1) is 20.8.